The molecule has 2 fully saturated rings. The molecule has 0 aliphatic heterocycles. The van der Waals surface area contributed by atoms with Gasteiger partial charge in [0.2, 0.25) is 0 Å². The summed E-state index contributed by atoms with van der Waals surface area (Å²) in [7, 11) is 4.64. The van der Waals surface area contributed by atoms with Gasteiger partial charge in [0.1, 0.15) is 0 Å². The van der Waals surface area contributed by atoms with Crippen LogP contribution in [0.2, 0.25) is 0 Å². The first-order valence-corrected chi connectivity index (χ1v) is 14.2. The van der Waals surface area contributed by atoms with Crippen molar-refractivity contribution in [2.24, 2.45) is 34.7 Å². The van der Waals surface area contributed by atoms with E-state index in [1.807, 2.05) is 60.7 Å². The van der Waals surface area contributed by atoms with Crippen LogP contribution in [0.3, 0.4) is 0 Å². The van der Waals surface area contributed by atoms with E-state index in [1.54, 1.807) is 0 Å². The molecule has 0 unspecified atom stereocenters. The molecule has 0 saturated heterocycles. The number of halogens is 1. The van der Waals surface area contributed by atoms with Crippen LogP contribution >= 0.6 is 9.30 Å². The van der Waals surface area contributed by atoms with E-state index in [9.17, 15) is 0 Å². The van der Waals surface area contributed by atoms with Gasteiger partial charge in [0, 0.05) is 0 Å². The van der Waals surface area contributed by atoms with E-state index in [1.165, 1.54) is 51.5 Å². The maximum Gasteiger partial charge on any atom is 0.0554 e. The largest absolute Gasteiger partial charge is 0.616 e. The summed E-state index contributed by atoms with van der Waals surface area (Å²) in [5.41, 5.74) is 2.65. The van der Waals surface area contributed by atoms with Gasteiger partial charge in [-0.05, 0) is 40.7 Å². The quantitative estimate of drug-likeness (QED) is 0.229. The first kappa shape index (κ1) is 28.9. The Morgan fingerprint density at radius 1 is 0.625 bits per heavy atom. The monoisotopic (exact) mass is 488 g/mol. The number of benzene rings is 2. The molecule has 172 valence electrons. The van der Waals surface area contributed by atoms with Gasteiger partial charge in [-0.15, -0.1) is 0 Å². The van der Waals surface area contributed by atoms with E-state index in [0.717, 1.165) is 40.7 Å². The van der Waals surface area contributed by atoms with Crippen LogP contribution < -0.4 is 0 Å². The molecule has 0 atom stereocenters. The van der Waals surface area contributed by atoms with E-state index in [-0.39, 0.29) is 0 Å². The van der Waals surface area contributed by atoms with Crippen molar-refractivity contribution in [3.05, 3.63) is 77.6 Å². The fourth-order valence-corrected chi connectivity index (χ4v) is 4.77. The zero-order valence-electron chi connectivity index (χ0n) is 20.5. The molecule has 2 aromatic carbocycles. The van der Waals surface area contributed by atoms with Gasteiger partial charge in [-0.1, -0.05) is 127 Å². The van der Waals surface area contributed by atoms with Crippen LogP contribution in [-0.2, 0) is 19.4 Å². The van der Waals surface area contributed by atoms with Crippen LogP contribution in [0, 0.1) is 29.6 Å². The molecule has 0 amide bonds. The van der Waals surface area contributed by atoms with Crippen molar-refractivity contribution in [3.63, 3.8) is 0 Å². The number of rotatable bonds is 2. The Bertz CT molecular complexity index is 653. The zero-order valence-corrected chi connectivity index (χ0v) is 22.8. The fraction of sp³-hybridized carbons (Fsp3) is 0.536. The second kappa shape index (κ2) is 16.5. The van der Waals surface area contributed by atoms with Crippen molar-refractivity contribution in [1.82, 2.24) is 0 Å². The molecular formula is C28H41ClN2Ti+2. The Kier molecular flexibility index (Phi) is 14.9. The number of nitrogens with one attached hydrogen (secondary N) is 1. The number of nitrogens with zero attached hydrogens (tertiary/aromatic N) is 1. The predicted octanol–water partition coefficient (Wildman–Crippen LogP) is 9.31. The minimum absolute atomic E-state index is 0.705. The Hall–Kier alpha value is -1.09. The van der Waals surface area contributed by atoms with Crippen LogP contribution in [0.25, 0.3) is 5.84 Å². The molecule has 2 aliphatic rings. The Labute approximate surface area is 212 Å². The van der Waals surface area contributed by atoms with Crippen molar-refractivity contribution in [2.45, 2.75) is 66.7 Å². The fourth-order valence-electron chi connectivity index (χ4n) is 4.77. The number of hydrogen-bond acceptors (Lipinski definition) is 1. The molecule has 2 aliphatic carbocycles. The standard InChI is InChI=1S/C13H11N2.C10H20.C5H10.ClH.Ti/c14-15-13(11-7-3-1-4-8-11)12-9-5-2-6-10-12;1-6-7(2)9(4)10(5)8(6)3;1-2-4-5-3-1;;/h1-10,14H;6-10H,1-5H3;1-5H2;1H;/q-1;;;;+4/p-1. The van der Waals surface area contributed by atoms with Gasteiger partial charge in [0.05, 0.1) is 5.71 Å². The maximum atomic E-state index is 7.22. The summed E-state index contributed by atoms with van der Waals surface area (Å²) >= 11 is 1.47. The minimum atomic E-state index is 0.705. The summed E-state index contributed by atoms with van der Waals surface area (Å²) in [5.74, 6) is 11.9. The average Bonchev–Trinajstić information content (AvgIpc) is 3.49. The molecule has 32 heavy (non-hydrogen) atoms. The van der Waals surface area contributed by atoms with Crippen LogP contribution in [0.1, 0.15) is 77.8 Å². The normalized spacial score (nSPS) is 25.8. The minimum Gasteiger partial charge on any atom is -0.616 e. The van der Waals surface area contributed by atoms with Crippen molar-refractivity contribution >= 4 is 15.0 Å². The van der Waals surface area contributed by atoms with Crippen LogP contribution in [-0.4, -0.2) is 5.71 Å². The van der Waals surface area contributed by atoms with Gasteiger partial charge < -0.3 is 10.9 Å². The molecule has 0 spiro atoms. The zero-order chi connectivity index (χ0) is 23.9. The summed E-state index contributed by atoms with van der Waals surface area (Å²) < 4.78 is 0. The van der Waals surface area contributed by atoms with E-state index in [4.69, 9.17) is 5.84 Å². The molecule has 0 bridgehead atoms. The van der Waals surface area contributed by atoms with Crippen molar-refractivity contribution in [2.75, 3.05) is 0 Å². The summed E-state index contributed by atoms with van der Waals surface area (Å²) in [6, 6.07) is 19.5. The SMILES string of the molecule is C1CCCC1.CC1C(C)C(C)C(C)C1C.[Cl][Ti+3].[NH-]N=C(c1ccccc1)c1ccccc1. The average molecular weight is 489 g/mol. The molecule has 0 radical (unpaired) electrons. The molecule has 0 aromatic heterocycles. The molecule has 2 aromatic rings. The van der Waals surface area contributed by atoms with Gasteiger partial charge in [-0.3, -0.25) is 0 Å². The molecule has 4 rings (SSSR count). The van der Waals surface area contributed by atoms with E-state index >= 15 is 0 Å². The van der Waals surface area contributed by atoms with Crippen molar-refractivity contribution < 1.29 is 19.4 Å². The summed E-state index contributed by atoms with van der Waals surface area (Å²) in [4.78, 5) is 0. The van der Waals surface area contributed by atoms with Crippen LogP contribution in [0.15, 0.2) is 65.8 Å². The van der Waals surface area contributed by atoms with Gasteiger partial charge in [0.25, 0.3) is 0 Å². The predicted molar refractivity (Wildman–Crippen MR) is 138 cm³/mol. The topological polar surface area (TPSA) is 36.2 Å². The van der Waals surface area contributed by atoms with E-state index < -0.39 is 0 Å². The Balaban J connectivity index is 0.000000258. The molecule has 2 saturated carbocycles. The summed E-state index contributed by atoms with van der Waals surface area (Å²) in [6.45, 7) is 12.0. The smallest absolute Gasteiger partial charge is 0.0554 e. The molecule has 4 heteroatoms. The summed E-state index contributed by atoms with van der Waals surface area (Å²) in [5, 5.41) is 3.60. The third-order valence-electron chi connectivity index (χ3n) is 7.60. The first-order valence-electron chi connectivity index (χ1n) is 12.0. The van der Waals surface area contributed by atoms with Crippen molar-refractivity contribution in [1.29, 1.82) is 0 Å². The second-order valence-electron chi connectivity index (χ2n) is 9.26. The summed E-state index contributed by atoms with van der Waals surface area (Å²) in [6.07, 6.45) is 7.50. The van der Waals surface area contributed by atoms with Crippen molar-refractivity contribution in [3.8, 4) is 0 Å². The van der Waals surface area contributed by atoms with Gasteiger partial charge >= 0.3 is 28.7 Å². The number of hydrogen-bond donors (Lipinski definition) is 0. The van der Waals surface area contributed by atoms with Crippen LogP contribution in [0.4, 0.5) is 0 Å². The van der Waals surface area contributed by atoms with E-state index in [0.29, 0.717) is 5.71 Å². The van der Waals surface area contributed by atoms with E-state index in [2.05, 4.69) is 49.0 Å². The maximum absolute atomic E-state index is 7.22. The Morgan fingerprint density at radius 2 is 0.875 bits per heavy atom. The molecule has 2 nitrogen and oxygen atoms in total. The van der Waals surface area contributed by atoms with Gasteiger partial charge in [-0.25, -0.2) is 0 Å². The Morgan fingerprint density at radius 3 is 1.09 bits per heavy atom. The third kappa shape index (κ3) is 9.04. The first-order chi connectivity index (χ1) is 15.5. The molecule has 1 N–H and O–H groups in total. The van der Waals surface area contributed by atoms with Crippen LogP contribution in [0.5, 0.6) is 0 Å². The molecule has 0 heterocycles. The second-order valence-corrected chi connectivity index (χ2v) is 9.26. The van der Waals surface area contributed by atoms with Gasteiger partial charge in [0.15, 0.2) is 0 Å². The molecular weight excluding hydrogens is 448 g/mol. The third-order valence-corrected chi connectivity index (χ3v) is 7.60. The van der Waals surface area contributed by atoms with Gasteiger partial charge in [-0.2, -0.15) is 0 Å².